The van der Waals surface area contributed by atoms with E-state index in [0.717, 1.165) is 11.3 Å². The van der Waals surface area contributed by atoms with Crippen LogP contribution < -0.4 is 20.7 Å². The summed E-state index contributed by atoms with van der Waals surface area (Å²) in [5.41, 5.74) is 1.80. The highest BCUT2D eigenvalue weighted by Gasteiger charge is 2.07. The first-order valence-electron chi connectivity index (χ1n) is 9.65. The van der Waals surface area contributed by atoms with E-state index in [1.807, 2.05) is 38.1 Å². The minimum atomic E-state index is -0.340. The predicted octanol–water partition coefficient (Wildman–Crippen LogP) is 3.04. The molecule has 0 saturated heterocycles. The first kappa shape index (κ1) is 25.7. The van der Waals surface area contributed by atoms with E-state index >= 15 is 0 Å². The van der Waals surface area contributed by atoms with E-state index in [1.165, 1.54) is 12.1 Å². The fourth-order valence-corrected chi connectivity index (χ4v) is 2.70. The summed E-state index contributed by atoms with van der Waals surface area (Å²) in [5, 5.41) is 9.13. The summed E-state index contributed by atoms with van der Waals surface area (Å²) in [6, 6.07) is 14.0. The molecular formula is C22H30FIN4O2. The van der Waals surface area contributed by atoms with E-state index in [1.54, 1.807) is 19.2 Å². The van der Waals surface area contributed by atoms with Gasteiger partial charge in [-0.15, -0.1) is 24.0 Å². The quantitative estimate of drug-likeness (QED) is 0.203. The zero-order chi connectivity index (χ0) is 21.1. The van der Waals surface area contributed by atoms with Gasteiger partial charge in [-0.1, -0.05) is 24.3 Å². The summed E-state index contributed by atoms with van der Waals surface area (Å²) in [7, 11) is 1.68. The fraction of sp³-hybridized carbons (Fsp3) is 0.364. The van der Waals surface area contributed by atoms with Crippen LogP contribution in [0, 0.1) is 12.7 Å². The number of aliphatic imine (C=N–C) groups is 1. The molecule has 0 saturated carbocycles. The van der Waals surface area contributed by atoms with Gasteiger partial charge in [0, 0.05) is 20.1 Å². The van der Waals surface area contributed by atoms with Gasteiger partial charge in [0.25, 0.3) is 0 Å². The molecule has 0 heterocycles. The largest absolute Gasteiger partial charge is 0.489 e. The first-order valence-corrected chi connectivity index (χ1v) is 9.65. The van der Waals surface area contributed by atoms with Gasteiger partial charge < -0.3 is 20.7 Å². The summed E-state index contributed by atoms with van der Waals surface area (Å²) >= 11 is 0. The number of hydrogen-bond donors (Lipinski definition) is 3. The van der Waals surface area contributed by atoms with Crippen molar-refractivity contribution in [2.45, 2.75) is 26.4 Å². The molecule has 3 N–H and O–H groups in total. The lowest BCUT2D eigenvalue weighted by Gasteiger charge is -2.18. The average molecular weight is 528 g/mol. The molecule has 0 radical (unpaired) electrons. The highest BCUT2D eigenvalue weighted by Crippen LogP contribution is 2.13. The molecule has 6 nitrogen and oxygen atoms in total. The van der Waals surface area contributed by atoms with Crippen molar-refractivity contribution in [1.82, 2.24) is 16.0 Å². The maximum absolute atomic E-state index is 13.2. The number of nitrogens with one attached hydrogen (secondary N) is 3. The van der Waals surface area contributed by atoms with E-state index in [-0.39, 0.29) is 48.2 Å². The Morgan fingerprint density at radius 2 is 1.83 bits per heavy atom. The van der Waals surface area contributed by atoms with Crippen molar-refractivity contribution in [3.05, 3.63) is 65.5 Å². The third-order valence-corrected chi connectivity index (χ3v) is 4.10. The topological polar surface area (TPSA) is 74.8 Å². The van der Waals surface area contributed by atoms with Crippen molar-refractivity contribution in [3.8, 4) is 5.75 Å². The molecule has 8 heteroatoms. The second-order valence-corrected chi connectivity index (χ2v) is 6.78. The lowest BCUT2D eigenvalue weighted by atomic mass is 10.1. The molecule has 0 aliphatic carbocycles. The summed E-state index contributed by atoms with van der Waals surface area (Å²) in [6.45, 7) is 5.54. The lowest BCUT2D eigenvalue weighted by Crippen LogP contribution is -2.44. The summed E-state index contributed by atoms with van der Waals surface area (Å²) < 4.78 is 19.0. The molecule has 0 aliphatic heterocycles. The maximum atomic E-state index is 13.2. The van der Waals surface area contributed by atoms with Gasteiger partial charge in [0.1, 0.15) is 17.7 Å². The number of amides is 1. The standard InChI is InChI=1S/C22H29FN4O2.HI/c1-16-6-4-9-20(12-16)29-17(2)15-27-22(24-3)26-11-10-25-21(28)14-18-7-5-8-19(23)13-18;/h4-9,12-13,17H,10-11,14-15H2,1-3H3,(H,25,28)(H2,24,26,27);1H. The zero-order valence-electron chi connectivity index (χ0n) is 17.6. The molecule has 2 rings (SSSR count). The highest BCUT2D eigenvalue weighted by atomic mass is 127. The molecule has 1 atom stereocenters. The predicted molar refractivity (Wildman–Crippen MR) is 129 cm³/mol. The van der Waals surface area contributed by atoms with Gasteiger partial charge in [0.2, 0.25) is 5.91 Å². The van der Waals surface area contributed by atoms with Crippen molar-refractivity contribution >= 4 is 35.8 Å². The van der Waals surface area contributed by atoms with E-state index in [4.69, 9.17) is 4.74 Å². The van der Waals surface area contributed by atoms with Crippen molar-refractivity contribution in [3.63, 3.8) is 0 Å². The van der Waals surface area contributed by atoms with Gasteiger partial charge in [-0.2, -0.15) is 0 Å². The van der Waals surface area contributed by atoms with Crippen LogP contribution in [-0.2, 0) is 11.2 Å². The van der Waals surface area contributed by atoms with Gasteiger partial charge >= 0.3 is 0 Å². The zero-order valence-corrected chi connectivity index (χ0v) is 19.9. The van der Waals surface area contributed by atoms with Crippen molar-refractivity contribution in [2.24, 2.45) is 4.99 Å². The SMILES string of the molecule is CN=C(NCCNC(=O)Cc1cccc(F)c1)NCC(C)Oc1cccc(C)c1.I. The number of aryl methyl sites for hydroxylation is 1. The van der Waals surface area contributed by atoms with E-state index in [9.17, 15) is 9.18 Å². The molecule has 0 aromatic heterocycles. The van der Waals surface area contributed by atoms with Crippen molar-refractivity contribution in [1.29, 1.82) is 0 Å². The molecular weight excluding hydrogens is 498 g/mol. The number of rotatable bonds is 9. The van der Waals surface area contributed by atoms with Gasteiger partial charge in [-0.05, 0) is 49.2 Å². The smallest absolute Gasteiger partial charge is 0.224 e. The molecule has 30 heavy (non-hydrogen) atoms. The molecule has 2 aromatic rings. The molecule has 164 valence electrons. The number of benzene rings is 2. The van der Waals surface area contributed by atoms with Crippen LogP contribution in [0.5, 0.6) is 5.75 Å². The lowest BCUT2D eigenvalue weighted by molar-refractivity contribution is -0.120. The van der Waals surface area contributed by atoms with Crippen LogP contribution in [0.3, 0.4) is 0 Å². The minimum absolute atomic E-state index is 0. The number of hydrogen-bond acceptors (Lipinski definition) is 3. The fourth-order valence-electron chi connectivity index (χ4n) is 2.70. The Morgan fingerprint density at radius 3 is 2.53 bits per heavy atom. The number of carbonyl (C=O) groups excluding carboxylic acids is 1. The van der Waals surface area contributed by atoms with Gasteiger partial charge in [0.15, 0.2) is 5.96 Å². The maximum Gasteiger partial charge on any atom is 0.224 e. The van der Waals surface area contributed by atoms with Crippen molar-refractivity contribution in [2.75, 3.05) is 26.7 Å². The molecule has 0 bridgehead atoms. The number of halogens is 2. The summed E-state index contributed by atoms with van der Waals surface area (Å²) in [4.78, 5) is 16.1. The Bertz CT molecular complexity index is 832. The van der Waals surface area contributed by atoms with Gasteiger partial charge in [-0.3, -0.25) is 9.79 Å². The van der Waals surface area contributed by atoms with Crippen LogP contribution in [-0.4, -0.2) is 44.7 Å². The number of ether oxygens (including phenoxy) is 1. The Morgan fingerprint density at radius 1 is 1.10 bits per heavy atom. The van der Waals surface area contributed by atoms with E-state index < -0.39 is 0 Å². The van der Waals surface area contributed by atoms with Gasteiger partial charge in [-0.25, -0.2) is 4.39 Å². The second-order valence-electron chi connectivity index (χ2n) is 6.78. The van der Waals surface area contributed by atoms with E-state index in [2.05, 4.69) is 20.9 Å². The number of guanidine groups is 1. The summed E-state index contributed by atoms with van der Waals surface area (Å²) in [5.74, 6) is 0.972. The molecule has 2 aromatic carbocycles. The Hall–Kier alpha value is -2.36. The molecule has 0 spiro atoms. The first-order chi connectivity index (χ1) is 14.0. The molecule has 0 fully saturated rings. The third-order valence-electron chi connectivity index (χ3n) is 4.10. The minimum Gasteiger partial charge on any atom is -0.489 e. The van der Waals surface area contributed by atoms with Crippen LogP contribution in [0.1, 0.15) is 18.1 Å². The molecule has 0 aliphatic rings. The van der Waals surface area contributed by atoms with Crippen molar-refractivity contribution < 1.29 is 13.9 Å². The second kappa shape index (κ2) is 13.8. The number of nitrogens with zero attached hydrogens (tertiary/aromatic N) is 1. The highest BCUT2D eigenvalue weighted by molar-refractivity contribution is 14.0. The molecule has 1 amide bonds. The van der Waals surface area contributed by atoms with Crippen LogP contribution in [0.4, 0.5) is 4.39 Å². The normalized spacial score (nSPS) is 11.8. The number of carbonyl (C=O) groups is 1. The Balaban J connectivity index is 0.00000450. The van der Waals surface area contributed by atoms with Crippen LogP contribution in [0.25, 0.3) is 0 Å². The monoisotopic (exact) mass is 528 g/mol. The Kier molecular flexibility index (Phi) is 11.8. The van der Waals surface area contributed by atoms with E-state index in [0.29, 0.717) is 31.2 Å². The summed E-state index contributed by atoms with van der Waals surface area (Å²) in [6.07, 6.45) is 0.111. The average Bonchev–Trinajstić information content (AvgIpc) is 2.67. The van der Waals surface area contributed by atoms with Crippen LogP contribution in [0.15, 0.2) is 53.5 Å². The van der Waals surface area contributed by atoms with Crippen LogP contribution >= 0.6 is 24.0 Å². The molecule has 1 unspecified atom stereocenters. The van der Waals surface area contributed by atoms with Crippen LogP contribution in [0.2, 0.25) is 0 Å². The Labute approximate surface area is 194 Å². The van der Waals surface area contributed by atoms with Gasteiger partial charge in [0.05, 0.1) is 13.0 Å². The third kappa shape index (κ3) is 9.91.